The van der Waals surface area contributed by atoms with Crippen LogP contribution in [0.1, 0.15) is 5.56 Å². The van der Waals surface area contributed by atoms with Gasteiger partial charge in [-0.1, -0.05) is 6.07 Å². The molecule has 0 aliphatic heterocycles. The molecule has 0 N–H and O–H groups in total. The van der Waals surface area contributed by atoms with E-state index in [1.807, 2.05) is 30.1 Å². The average molecular weight is 325 g/mol. The van der Waals surface area contributed by atoms with Crippen molar-refractivity contribution in [2.75, 3.05) is 19.1 Å². The summed E-state index contributed by atoms with van der Waals surface area (Å²) in [5.41, 5.74) is 0.866. The van der Waals surface area contributed by atoms with Gasteiger partial charge in [0.05, 0.1) is 7.11 Å². The first-order valence-corrected chi connectivity index (χ1v) is 6.54. The second-order valence-corrected chi connectivity index (χ2v) is 5.08. The van der Waals surface area contributed by atoms with Crippen molar-refractivity contribution in [2.45, 2.75) is 6.54 Å². The Labute approximate surface area is 120 Å². The van der Waals surface area contributed by atoms with Crippen LogP contribution in [0, 0.1) is 5.82 Å². The molecule has 0 bridgehead atoms. The molecule has 0 aliphatic rings. The van der Waals surface area contributed by atoms with Crippen LogP contribution in [0.3, 0.4) is 0 Å². The molecule has 1 aromatic heterocycles. The predicted molar refractivity (Wildman–Crippen MR) is 77.0 cm³/mol. The number of rotatable bonds is 4. The number of pyridine rings is 1. The normalized spacial score (nSPS) is 10.3. The Morgan fingerprint density at radius 1 is 1.32 bits per heavy atom. The first-order valence-electron chi connectivity index (χ1n) is 5.75. The van der Waals surface area contributed by atoms with Crippen molar-refractivity contribution in [3.63, 3.8) is 0 Å². The number of hydrogen-bond acceptors (Lipinski definition) is 3. The third-order valence-electron chi connectivity index (χ3n) is 2.74. The lowest BCUT2D eigenvalue weighted by atomic mass is 10.2. The lowest BCUT2D eigenvalue weighted by Gasteiger charge is -2.18. The number of hydrogen-bond donors (Lipinski definition) is 0. The van der Waals surface area contributed by atoms with Crippen LogP contribution in [0.4, 0.5) is 10.2 Å². The van der Waals surface area contributed by atoms with E-state index < -0.39 is 0 Å². The van der Waals surface area contributed by atoms with Crippen molar-refractivity contribution in [2.24, 2.45) is 0 Å². The number of aromatic nitrogens is 1. The van der Waals surface area contributed by atoms with Gasteiger partial charge in [-0.3, -0.25) is 0 Å². The van der Waals surface area contributed by atoms with Crippen molar-refractivity contribution >= 4 is 21.7 Å². The van der Waals surface area contributed by atoms with E-state index in [2.05, 4.69) is 20.9 Å². The highest BCUT2D eigenvalue weighted by Gasteiger charge is 2.07. The second kappa shape index (κ2) is 6.02. The molecule has 2 aromatic rings. The van der Waals surface area contributed by atoms with Crippen molar-refractivity contribution in [1.29, 1.82) is 0 Å². The number of halogens is 2. The van der Waals surface area contributed by atoms with E-state index in [0.29, 0.717) is 6.54 Å². The topological polar surface area (TPSA) is 25.4 Å². The summed E-state index contributed by atoms with van der Waals surface area (Å²) in [4.78, 5) is 6.24. The Morgan fingerprint density at radius 2 is 2.11 bits per heavy atom. The van der Waals surface area contributed by atoms with E-state index in [0.717, 1.165) is 15.9 Å². The summed E-state index contributed by atoms with van der Waals surface area (Å²) in [6.45, 7) is 0.579. The summed E-state index contributed by atoms with van der Waals surface area (Å²) >= 11 is 3.34. The maximum Gasteiger partial charge on any atom is 0.165 e. The fourth-order valence-electron chi connectivity index (χ4n) is 1.76. The van der Waals surface area contributed by atoms with Crippen LogP contribution in [0.5, 0.6) is 5.75 Å². The highest BCUT2D eigenvalue weighted by Crippen LogP contribution is 2.20. The zero-order valence-corrected chi connectivity index (χ0v) is 12.3. The summed E-state index contributed by atoms with van der Waals surface area (Å²) in [5, 5.41) is 0. The van der Waals surface area contributed by atoms with Gasteiger partial charge in [0.2, 0.25) is 0 Å². The van der Waals surface area contributed by atoms with E-state index in [4.69, 9.17) is 4.74 Å². The third kappa shape index (κ3) is 3.44. The maximum absolute atomic E-state index is 13.6. The molecule has 0 radical (unpaired) electrons. The number of ether oxygens (including phenoxy) is 1. The minimum Gasteiger partial charge on any atom is -0.494 e. The molecule has 0 spiro atoms. The van der Waals surface area contributed by atoms with Gasteiger partial charge in [0.1, 0.15) is 5.82 Å². The molecule has 0 unspecified atom stereocenters. The fraction of sp³-hybridized carbons (Fsp3) is 0.214. The molecule has 0 saturated carbocycles. The first-order chi connectivity index (χ1) is 9.10. The maximum atomic E-state index is 13.6. The minimum absolute atomic E-state index is 0.258. The van der Waals surface area contributed by atoms with Gasteiger partial charge in [-0.25, -0.2) is 9.37 Å². The van der Waals surface area contributed by atoms with Crippen molar-refractivity contribution in [3.8, 4) is 5.75 Å². The Bertz CT molecular complexity index is 560. The molecule has 0 amide bonds. The standard InChI is InChI=1S/C14H14BrFN2O/c1-18(14-6-4-11(15)8-17-14)9-10-3-5-13(19-2)12(16)7-10/h3-8H,9H2,1-2H3. The predicted octanol–water partition coefficient (Wildman–Crippen LogP) is 3.63. The molecule has 5 heteroatoms. The van der Waals surface area contributed by atoms with E-state index in [-0.39, 0.29) is 11.6 Å². The van der Waals surface area contributed by atoms with E-state index in [1.165, 1.54) is 13.2 Å². The summed E-state index contributed by atoms with van der Waals surface area (Å²) in [5.74, 6) is 0.741. The summed E-state index contributed by atoms with van der Waals surface area (Å²) in [6, 6.07) is 8.79. The largest absolute Gasteiger partial charge is 0.494 e. The molecule has 1 aromatic carbocycles. The molecule has 100 valence electrons. The smallest absolute Gasteiger partial charge is 0.165 e. The van der Waals surface area contributed by atoms with Gasteiger partial charge >= 0.3 is 0 Å². The summed E-state index contributed by atoms with van der Waals surface area (Å²) in [6.07, 6.45) is 1.74. The van der Waals surface area contributed by atoms with Crippen LogP contribution in [-0.4, -0.2) is 19.1 Å². The van der Waals surface area contributed by atoms with Crippen LogP contribution in [0.2, 0.25) is 0 Å². The van der Waals surface area contributed by atoms with Crippen molar-refractivity contribution in [1.82, 2.24) is 4.98 Å². The molecule has 0 aliphatic carbocycles. The van der Waals surface area contributed by atoms with Crippen molar-refractivity contribution < 1.29 is 9.13 Å². The molecule has 0 saturated heterocycles. The molecule has 0 fully saturated rings. The lowest BCUT2D eigenvalue weighted by Crippen LogP contribution is -2.17. The van der Waals surface area contributed by atoms with Gasteiger partial charge < -0.3 is 9.64 Å². The van der Waals surface area contributed by atoms with Gasteiger partial charge in [0, 0.05) is 24.3 Å². The van der Waals surface area contributed by atoms with E-state index >= 15 is 0 Å². The van der Waals surface area contributed by atoms with Crippen LogP contribution >= 0.6 is 15.9 Å². The lowest BCUT2D eigenvalue weighted by molar-refractivity contribution is 0.386. The summed E-state index contributed by atoms with van der Waals surface area (Å²) < 4.78 is 19.4. The molecular weight excluding hydrogens is 311 g/mol. The number of methoxy groups -OCH3 is 1. The van der Waals surface area contributed by atoms with E-state index in [1.54, 1.807) is 12.3 Å². The average Bonchev–Trinajstić information content (AvgIpc) is 2.39. The minimum atomic E-state index is -0.350. The van der Waals surface area contributed by atoms with Crippen LogP contribution in [-0.2, 0) is 6.54 Å². The third-order valence-corrected chi connectivity index (χ3v) is 3.21. The van der Waals surface area contributed by atoms with Gasteiger partial charge in [-0.2, -0.15) is 0 Å². The van der Waals surface area contributed by atoms with Crippen LogP contribution in [0.15, 0.2) is 41.0 Å². The van der Waals surface area contributed by atoms with Gasteiger partial charge in [-0.15, -0.1) is 0 Å². The number of benzene rings is 1. The molecule has 19 heavy (non-hydrogen) atoms. The molecule has 3 nitrogen and oxygen atoms in total. The summed E-state index contributed by atoms with van der Waals surface area (Å²) in [7, 11) is 3.37. The van der Waals surface area contributed by atoms with Gasteiger partial charge in [0.15, 0.2) is 11.6 Å². The van der Waals surface area contributed by atoms with Crippen LogP contribution in [0.25, 0.3) is 0 Å². The number of anilines is 1. The second-order valence-electron chi connectivity index (χ2n) is 4.16. The first kappa shape index (κ1) is 13.8. The zero-order valence-electron chi connectivity index (χ0n) is 10.7. The fourth-order valence-corrected chi connectivity index (χ4v) is 1.99. The Balaban J connectivity index is 2.12. The molecule has 2 rings (SSSR count). The highest BCUT2D eigenvalue weighted by atomic mass is 79.9. The number of nitrogens with zero attached hydrogens (tertiary/aromatic N) is 2. The molecular formula is C14H14BrFN2O. The zero-order chi connectivity index (χ0) is 13.8. The molecule has 0 atom stereocenters. The van der Waals surface area contributed by atoms with Crippen LogP contribution < -0.4 is 9.64 Å². The Morgan fingerprint density at radius 3 is 2.68 bits per heavy atom. The quantitative estimate of drug-likeness (QED) is 0.858. The van der Waals surface area contributed by atoms with Crippen molar-refractivity contribution in [3.05, 3.63) is 52.4 Å². The SMILES string of the molecule is COc1ccc(CN(C)c2ccc(Br)cn2)cc1F. The molecule has 1 heterocycles. The Hall–Kier alpha value is -1.62. The van der Waals surface area contributed by atoms with Gasteiger partial charge in [0.25, 0.3) is 0 Å². The monoisotopic (exact) mass is 324 g/mol. The van der Waals surface area contributed by atoms with Gasteiger partial charge in [-0.05, 0) is 45.8 Å². The Kier molecular flexibility index (Phi) is 4.37. The van der Waals surface area contributed by atoms with E-state index in [9.17, 15) is 4.39 Å². The highest BCUT2D eigenvalue weighted by molar-refractivity contribution is 9.10.